The molecule has 0 amide bonds. The standard InChI is InChI=1S/C21H21N3OS2/c1-14(2)24-20(19(23-21(24)26)16-10-6-7-13-22-16)17-11-12-18(25-17)27-15-8-4-3-5-9-15/h3-14,19-20H,1-2H3,(H,23,26)/t19-,20-/m0/s1. The molecule has 1 N–H and O–H groups in total. The van der Waals surface area contributed by atoms with E-state index in [2.05, 4.69) is 47.2 Å². The fourth-order valence-electron chi connectivity index (χ4n) is 3.38. The minimum Gasteiger partial charge on any atom is -0.452 e. The molecule has 0 unspecified atom stereocenters. The third kappa shape index (κ3) is 3.73. The smallest absolute Gasteiger partial charge is 0.170 e. The highest BCUT2D eigenvalue weighted by Crippen LogP contribution is 2.42. The second-order valence-electron chi connectivity index (χ2n) is 6.70. The molecule has 0 aliphatic carbocycles. The van der Waals surface area contributed by atoms with Gasteiger partial charge in [-0.25, -0.2) is 0 Å². The zero-order valence-electron chi connectivity index (χ0n) is 15.2. The van der Waals surface area contributed by atoms with Gasteiger partial charge in [-0.05, 0) is 62.5 Å². The summed E-state index contributed by atoms with van der Waals surface area (Å²) in [5.41, 5.74) is 0.960. The van der Waals surface area contributed by atoms with Crippen molar-refractivity contribution in [2.24, 2.45) is 0 Å². The number of hydrogen-bond donors (Lipinski definition) is 1. The lowest BCUT2D eigenvalue weighted by molar-refractivity contribution is 0.227. The summed E-state index contributed by atoms with van der Waals surface area (Å²) in [5, 5.41) is 5.05. The van der Waals surface area contributed by atoms with E-state index in [0.717, 1.165) is 26.6 Å². The van der Waals surface area contributed by atoms with E-state index in [1.807, 2.05) is 48.7 Å². The predicted octanol–water partition coefficient (Wildman–Crippen LogP) is 5.21. The Kier molecular flexibility index (Phi) is 5.18. The number of furan rings is 1. The molecule has 1 aromatic carbocycles. The molecule has 3 aromatic rings. The van der Waals surface area contributed by atoms with Crippen LogP contribution < -0.4 is 5.32 Å². The summed E-state index contributed by atoms with van der Waals surface area (Å²) in [7, 11) is 0. The van der Waals surface area contributed by atoms with Crippen LogP contribution in [0.25, 0.3) is 0 Å². The Morgan fingerprint density at radius 2 is 1.85 bits per heavy atom. The molecule has 138 valence electrons. The monoisotopic (exact) mass is 395 g/mol. The van der Waals surface area contributed by atoms with Crippen LogP contribution in [0, 0.1) is 0 Å². The fourth-order valence-corrected chi connectivity index (χ4v) is 4.63. The van der Waals surface area contributed by atoms with Gasteiger partial charge in [0.1, 0.15) is 11.8 Å². The van der Waals surface area contributed by atoms with Crippen molar-refractivity contribution in [3.8, 4) is 0 Å². The first-order chi connectivity index (χ1) is 13.1. The third-order valence-electron chi connectivity index (χ3n) is 4.55. The van der Waals surface area contributed by atoms with Crippen molar-refractivity contribution in [3.05, 3.63) is 78.3 Å². The molecule has 4 nitrogen and oxygen atoms in total. The number of thiocarbonyl (C=S) groups is 1. The van der Waals surface area contributed by atoms with E-state index in [0.29, 0.717) is 0 Å². The lowest BCUT2D eigenvalue weighted by Crippen LogP contribution is -2.35. The van der Waals surface area contributed by atoms with E-state index in [9.17, 15) is 0 Å². The molecule has 3 heterocycles. The minimum atomic E-state index is -0.0400. The summed E-state index contributed by atoms with van der Waals surface area (Å²) in [5.74, 6) is 0.894. The Balaban J connectivity index is 1.66. The highest BCUT2D eigenvalue weighted by Gasteiger charge is 2.42. The van der Waals surface area contributed by atoms with Gasteiger partial charge in [-0.2, -0.15) is 0 Å². The molecule has 2 aromatic heterocycles. The SMILES string of the molecule is CC(C)N1C(=S)N[C@@H](c2ccccn2)[C@@H]1c1ccc(Sc2ccccc2)o1. The van der Waals surface area contributed by atoms with Crippen LogP contribution in [0.4, 0.5) is 0 Å². The maximum atomic E-state index is 6.25. The van der Waals surface area contributed by atoms with Gasteiger partial charge in [0.05, 0.1) is 11.7 Å². The maximum absolute atomic E-state index is 6.25. The van der Waals surface area contributed by atoms with Crippen LogP contribution in [0.15, 0.2) is 81.3 Å². The number of nitrogens with one attached hydrogen (secondary N) is 1. The van der Waals surface area contributed by atoms with Crippen LogP contribution in [0.3, 0.4) is 0 Å². The summed E-state index contributed by atoms with van der Waals surface area (Å²) in [6.07, 6.45) is 1.81. The van der Waals surface area contributed by atoms with Gasteiger partial charge >= 0.3 is 0 Å². The lowest BCUT2D eigenvalue weighted by Gasteiger charge is -2.29. The van der Waals surface area contributed by atoms with Crippen LogP contribution in [0.2, 0.25) is 0 Å². The van der Waals surface area contributed by atoms with Crippen LogP contribution in [0.1, 0.15) is 37.4 Å². The summed E-state index contributed by atoms with van der Waals surface area (Å²) < 4.78 is 6.25. The van der Waals surface area contributed by atoms with Gasteiger partial charge in [0.15, 0.2) is 10.2 Å². The number of hydrogen-bond acceptors (Lipinski definition) is 4. The summed E-state index contributed by atoms with van der Waals surface area (Å²) in [6, 6.07) is 20.4. The normalized spacial score (nSPS) is 19.5. The van der Waals surface area contributed by atoms with Crippen molar-refractivity contribution in [3.63, 3.8) is 0 Å². The van der Waals surface area contributed by atoms with Gasteiger partial charge in [0, 0.05) is 17.1 Å². The molecule has 1 fully saturated rings. The first-order valence-corrected chi connectivity index (χ1v) is 10.2. The van der Waals surface area contributed by atoms with Crippen molar-refractivity contribution < 1.29 is 4.42 Å². The largest absolute Gasteiger partial charge is 0.452 e. The Labute approximate surface area is 169 Å². The maximum Gasteiger partial charge on any atom is 0.170 e. The first kappa shape index (κ1) is 18.1. The van der Waals surface area contributed by atoms with E-state index in [4.69, 9.17) is 16.6 Å². The zero-order chi connectivity index (χ0) is 18.8. The summed E-state index contributed by atoms with van der Waals surface area (Å²) in [4.78, 5) is 7.90. The molecule has 27 heavy (non-hydrogen) atoms. The zero-order valence-corrected chi connectivity index (χ0v) is 16.8. The Morgan fingerprint density at radius 1 is 1.07 bits per heavy atom. The second kappa shape index (κ2) is 7.74. The Morgan fingerprint density at radius 3 is 2.56 bits per heavy atom. The molecule has 0 bridgehead atoms. The summed E-state index contributed by atoms with van der Waals surface area (Å²) in [6.45, 7) is 4.29. The average Bonchev–Trinajstić information content (AvgIpc) is 3.27. The third-order valence-corrected chi connectivity index (χ3v) is 5.80. The van der Waals surface area contributed by atoms with Crippen molar-refractivity contribution in [1.29, 1.82) is 0 Å². The molecule has 1 aliphatic rings. The van der Waals surface area contributed by atoms with Gasteiger partial charge in [0.25, 0.3) is 0 Å². The van der Waals surface area contributed by atoms with Gasteiger partial charge in [0.2, 0.25) is 0 Å². The Bertz CT molecular complexity index is 911. The average molecular weight is 396 g/mol. The van der Waals surface area contributed by atoms with Crippen LogP contribution in [-0.2, 0) is 0 Å². The fraction of sp³-hybridized carbons (Fsp3) is 0.238. The summed E-state index contributed by atoms with van der Waals surface area (Å²) >= 11 is 7.24. The Hall–Kier alpha value is -2.31. The minimum absolute atomic E-state index is 0.0301. The molecule has 0 spiro atoms. The van der Waals surface area contributed by atoms with Crippen molar-refractivity contribution >= 4 is 29.1 Å². The molecule has 1 saturated heterocycles. The highest BCUT2D eigenvalue weighted by molar-refractivity contribution is 7.99. The number of rotatable bonds is 5. The molecule has 1 aliphatic heterocycles. The highest BCUT2D eigenvalue weighted by atomic mass is 32.2. The molecule has 4 rings (SSSR count). The number of nitrogens with zero attached hydrogens (tertiary/aromatic N) is 2. The lowest BCUT2D eigenvalue weighted by atomic mass is 10.0. The molecule has 0 saturated carbocycles. The van der Waals surface area contributed by atoms with Crippen LogP contribution in [0.5, 0.6) is 0 Å². The quantitative estimate of drug-likeness (QED) is 0.598. The van der Waals surface area contributed by atoms with Crippen molar-refractivity contribution in [2.45, 2.75) is 42.0 Å². The van der Waals surface area contributed by atoms with Crippen LogP contribution >= 0.6 is 24.0 Å². The number of pyridine rings is 1. The van der Waals surface area contributed by atoms with Crippen molar-refractivity contribution in [1.82, 2.24) is 15.2 Å². The number of benzene rings is 1. The predicted molar refractivity (Wildman–Crippen MR) is 112 cm³/mol. The van der Waals surface area contributed by atoms with E-state index in [1.165, 1.54) is 0 Å². The van der Waals surface area contributed by atoms with Crippen LogP contribution in [-0.4, -0.2) is 21.0 Å². The molecule has 2 atom stereocenters. The topological polar surface area (TPSA) is 41.3 Å². The van der Waals surface area contributed by atoms with E-state index < -0.39 is 0 Å². The van der Waals surface area contributed by atoms with E-state index in [-0.39, 0.29) is 18.1 Å². The van der Waals surface area contributed by atoms with E-state index >= 15 is 0 Å². The van der Waals surface area contributed by atoms with Gasteiger partial charge < -0.3 is 14.6 Å². The van der Waals surface area contributed by atoms with E-state index in [1.54, 1.807) is 11.8 Å². The molecule has 0 radical (unpaired) electrons. The van der Waals surface area contributed by atoms with Gasteiger partial charge in [-0.3, -0.25) is 4.98 Å². The molecular weight excluding hydrogens is 374 g/mol. The molecular formula is C21H21N3OS2. The number of aromatic nitrogens is 1. The van der Waals surface area contributed by atoms with Gasteiger partial charge in [-0.15, -0.1) is 0 Å². The second-order valence-corrected chi connectivity index (χ2v) is 8.16. The molecule has 6 heteroatoms. The van der Waals surface area contributed by atoms with Crippen molar-refractivity contribution in [2.75, 3.05) is 0 Å². The first-order valence-electron chi connectivity index (χ1n) is 8.96. The van der Waals surface area contributed by atoms with Gasteiger partial charge in [-0.1, -0.05) is 36.0 Å².